The van der Waals surface area contributed by atoms with Gasteiger partial charge in [0, 0.05) is 46.4 Å². The molecule has 1 aliphatic heterocycles. The van der Waals surface area contributed by atoms with E-state index in [1.807, 2.05) is 9.80 Å². The molecule has 0 aromatic heterocycles. The van der Waals surface area contributed by atoms with Crippen molar-refractivity contribution in [3.63, 3.8) is 0 Å². The van der Waals surface area contributed by atoms with E-state index in [0.717, 1.165) is 46.1 Å². The van der Waals surface area contributed by atoms with Crippen LogP contribution in [0.1, 0.15) is 0 Å². The molecular formula is C11H23N3O4. The van der Waals surface area contributed by atoms with Crippen molar-refractivity contribution < 1.29 is 19.8 Å². The number of aliphatic carboxylic acids is 1. The minimum atomic E-state index is -0.804. The van der Waals surface area contributed by atoms with Crippen LogP contribution in [0, 0.1) is 0 Å². The smallest absolute Gasteiger partial charge is 0.317 e. The molecule has 0 radical (unpaired) electrons. The van der Waals surface area contributed by atoms with Crippen LogP contribution in [0.25, 0.3) is 0 Å². The zero-order valence-electron chi connectivity index (χ0n) is 10.8. The minimum Gasteiger partial charge on any atom is -0.480 e. The first-order valence-electron chi connectivity index (χ1n) is 5.98. The third-order valence-corrected chi connectivity index (χ3v) is 2.63. The fourth-order valence-electron chi connectivity index (χ4n) is 1.74. The molecule has 0 amide bonds. The maximum absolute atomic E-state index is 10.6. The SMILES string of the molecule is CO.O=CCN1CCNCCN(CC(=O)O)CC1. The van der Waals surface area contributed by atoms with Crippen molar-refractivity contribution in [3.05, 3.63) is 0 Å². The number of aliphatic hydroxyl groups excluding tert-OH is 1. The quantitative estimate of drug-likeness (QED) is 0.508. The minimum absolute atomic E-state index is 0.0661. The fourth-order valence-corrected chi connectivity index (χ4v) is 1.74. The van der Waals surface area contributed by atoms with Crippen molar-refractivity contribution in [1.82, 2.24) is 15.1 Å². The van der Waals surface area contributed by atoms with Crippen molar-refractivity contribution in [2.45, 2.75) is 0 Å². The Balaban J connectivity index is 0.00000137. The first-order chi connectivity index (χ1) is 8.72. The highest BCUT2D eigenvalue weighted by Gasteiger charge is 2.13. The first kappa shape index (κ1) is 17.0. The standard InChI is InChI=1S/C10H19N3O3.CH4O/c14-8-7-12-3-1-11-2-4-13(6-5-12)9-10(15)16;1-2/h8,11H,1-7,9H2,(H,15,16);2H,1H3. The molecule has 7 nitrogen and oxygen atoms in total. The van der Waals surface area contributed by atoms with Crippen LogP contribution < -0.4 is 5.32 Å². The maximum atomic E-state index is 10.6. The highest BCUT2D eigenvalue weighted by atomic mass is 16.4. The normalized spacial score (nSPS) is 18.8. The third kappa shape index (κ3) is 8.13. The molecule has 1 rings (SSSR count). The Bertz CT molecular complexity index is 238. The van der Waals surface area contributed by atoms with Gasteiger partial charge in [-0.05, 0) is 0 Å². The number of hydrogen-bond acceptors (Lipinski definition) is 6. The highest BCUT2D eigenvalue weighted by Crippen LogP contribution is 1.94. The number of nitrogens with one attached hydrogen (secondary N) is 1. The molecule has 7 heteroatoms. The van der Waals surface area contributed by atoms with E-state index < -0.39 is 5.97 Å². The Morgan fingerprint density at radius 3 is 2.28 bits per heavy atom. The van der Waals surface area contributed by atoms with Crippen LogP contribution in [0.3, 0.4) is 0 Å². The monoisotopic (exact) mass is 261 g/mol. The molecule has 0 aromatic rings. The lowest BCUT2D eigenvalue weighted by Gasteiger charge is -2.22. The number of carboxylic acid groups (broad SMARTS) is 1. The largest absolute Gasteiger partial charge is 0.480 e. The summed E-state index contributed by atoms with van der Waals surface area (Å²) in [5.41, 5.74) is 0. The summed E-state index contributed by atoms with van der Waals surface area (Å²) >= 11 is 0. The van der Waals surface area contributed by atoms with Gasteiger partial charge in [-0.15, -0.1) is 0 Å². The van der Waals surface area contributed by atoms with Crippen LogP contribution in [-0.4, -0.2) is 91.7 Å². The van der Waals surface area contributed by atoms with E-state index in [1.165, 1.54) is 0 Å². The number of aldehydes is 1. The van der Waals surface area contributed by atoms with E-state index in [0.29, 0.717) is 13.1 Å². The lowest BCUT2D eigenvalue weighted by molar-refractivity contribution is -0.138. The summed E-state index contributed by atoms with van der Waals surface area (Å²) in [7, 11) is 1.00. The molecule has 0 bridgehead atoms. The molecule has 0 aliphatic carbocycles. The Morgan fingerprint density at radius 1 is 1.17 bits per heavy atom. The van der Waals surface area contributed by atoms with Crippen molar-refractivity contribution in [2.24, 2.45) is 0 Å². The average Bonchev–Trinajstić information content (AvgIpc) is 2.45. The Hall–Kier alpha value is -1.02. The van der Waals surface area contributed by atoms with Gasteiger partial charge >= 0.3 is 5.97 Å². The van der Waals surface area contributed by atoms with E-state index in [-0.39, 0.29) is 6.54 Å². The first-order valence-corrected chi connectivity index (χ1v) is 5.98. The summed E-state index contributed by atoms with van der Waals surface area (Å²) in [6.45, 7) is 5.13. The summed E-state index contributed by atoms with van der Waals surface area (Å²) in [6.07, 6.45) is 0.888. The molecule has 3 N–H and O–H groups in total. The Morgan fingerprint density at radius 2 is 1.72 bits per heavy atom. The van der Waals surface area contributed by atoms with E-state index in [1.54, 1.807) is 0 Å². The molecule has 1 saturated heterocycles. The topological polar surface area (TPSA) is 93.1 Å². The third-order valence-electron chi connectivity index (χ3n) is 2.63. The van der Waals surface area contributed by atoms with Gasteiger partial charge in [-0.3, -0.25) is 14.6 Å². The van der Waals surface area contributed by atoms with Crippen LogP contribution >= 0.6 is 0 Å². The van der Waals surface area contributed by atoms with Gasteiger partial charge in [0.15, 0.2) is 0 Å². The number of nitrogens with zero attached hydrogens (tertiary/aromatic N) is 2. The van der Waals surface area contributed by atoms with Crippen molar-refractivity contribution in [1.29, 1.82) is 0 Å². The van der Waals surface area contributed by atoms with E-state index in [2.05, 4.69) is 5.32 Å². The van der Waals surface area contributed by atoms with Crippen LogP contribution in [0.5, 0.6) is 0 Å². The van der Waals surface area contributed by atoms with Crippen molar-refractivity contribution in [3.8, 4) is 0 Å². The number of hydrogen-bond donors (Lipinski definition) is 3. The lowest BCUT2D eigenvalue weighted by Crippen LogP contribution is -2.39. The van der Waals surface area contributed by atoms with E-state index in [4.69, 9.17) is 10.2 Å². The second-order valence-corrected chi connectivity index (χ2v) is 3.89. The summed E-state index contributed by atoms with van der Waals surface area (Å²) < 4.78 is 0. The van der Waals surface area contributed by atoms with E-state index in [9.17, 15) is 9.59 Å². The maximum Gasteiger partial charge on any atom is 0.317 e. The number of carbonyl (C=O) groups excluding carboxylic acids is 1. The van der Waals surface area contributed by atoms with Crippen LogP contribution in [0.15, 0.2) is 0 Å². The van der Waals surface area contributed by atoms with Gasteiger partial charge in [0.1, 0.15) is 6.29 Å². The summed E-state index contributed by atoms with van der Waals surface area (Å²) in [5.74, 6) is -0.804. The summed E-state index contributed by atoms with van der Waals surface area (Å²) in [4.78, 5) is 25.0. The predicted octanol–water partition coefficient (Wildman–Crippen LogP) is -1.91. The average molecular weight is 261 g/mol. The van der Waals surface area contributed by atoms with E-state index >= 15 is 0 Å². The molecule has 18 heavy (non-hydrogen) atoms. The van der Waals surface area contributed by atoms with Crippen molar-refractivity contribution >= 4 is 12.3 Å². The Labute approximate surface area is 107 Å². The second kappa shape index (κ2) is 11.1. The van der Waals surface area contributed by atoms with Crippen LogP contribution in [-0.2, 0) is 9.59 Å². The summed E-state index contributed by atoms with van der Waals surface area (Å²) in [6, 6.07) is 0. The fraction of sp³-hybridized carbons (Fsp3) is 0.818. The number of rotatable bonds is 4. The number of aliphatic hydroxyl groups is 1. The predicted molar refractivity (Wildman–Crippen MR) is 67.6 cm³/mol. The summed E-state index contributed by atoms with van der Waals surface area (Å²) in [5, 5.41) is 19.0. The van der Waals surface area contributed by atoms with Gasteiger partial charge in [-0.25, -0.2) is 0 Å². The van der Waals surface area contributed by atoms with Gasteiger partial charge in [0.25, 0.3) is 0 Å². The van der Waals surface area contributed by atoms with Gasteiger partial charge in [-0.2, -0.15) is 0 Å². The molecule has 0 spiro atoms. The van der Waals surface area contributed by atoms with Gasteiger partial charge in [0.2, 0.25) is 0 Å². The van der Waals surface area contributed by atoms with Crippen molar-refractivity contribution in [2.75, 3.05) is 59.5 Å². The molecule has 0 saturated carbocycles. The zero-order valence-corrected chi connectivity index (χ0v) is 10.8. The van der Waals surface area contributed by atoms with Gasteiger partial charge in [-0.1, -0.05) is 0 Å². The Kier molecular flexibility index (Phi) is 10.5. The molecule has 1 aliphatic rings. The number of carbonyl (C=O) groups is 2. The molecule has 1 fully saturated rings. The molecule has 106 valence electrons. The second-order valence-electron chi connectivity index (χ2n) is 3.89. The molecule has 0 unspecified atom stereocenters. The zero-order chi connectivity index (χ0) is 13.8. The van der Waals surface area contributed by atoms with Crippen LogP contribution in [0.4, 0.5) is 0 Å². The highest BCUT2D eigenvalue weighted by molar-refractivity contribution is 5.69. The lowest BCUT2D eigenvalue weighted by atomic mass is 10.4. The molecule has 0 atom stereocenters. The molecular weight excluding hydrogens is 238 g/mol. The number of carboxylic acids is 1. The van der Waals surface area contributed by atoms with Gasteiger partial charge < -0.3 is 20.3 Å². The van der Waals surface area contributed by atoms with Crippen LogP contribution in [0.2, 0.25) is 0 Å². The van der Waals surface area contributed by atoms with Gasteiger partial charge in [0.05, 0.1) is 13.1 Å². The molecule has 0 aromatic carbocycles. The molecule has 1 heterocycles.